The molecule has 0 bridgehead atoms. The van der Waals surface area contributed by atoms with E-state index < -0.39 is 47.2 Å². The number of hydrogen-bond donors (Lipinski definition) is 5. The number of amides is 5. The molecular formula is C30H43N5O6. The monoisotopic (exact) mass is 569 g/mol. The molecule has 0 aromatic heterocycles. The van der Waals surface area contributed by atoms with Crippen molar-refractivity contribution in [2.45, 2.75) is 77.4 Å². The summed E-state index contributed by atoms with van der Waals surface area (Å²) in [6.45, 7) is 10.5. The number of benzene rings is 1. The first-order chi connectivity index (χ1) is 19.4. The van der Waals surface area contributed by atoms with Crippen molar-refractivity contribution in [1.82, 2.24) is 26.6 Å². The van der Waals surface area contributed by atoms with E-state index in [1.165, 1.54) is 0 Å². The fourth-order valence-electron chi connectivity index (χ4n) is 4.46. The number of ketones is 1. The normalized spacial score (nSPS) is 24.4. The molecule has 0 saturated carbocycles. The van der Waals surface area contributed by atoms with Crippen LogP contribution in [0, 0.1) is 11.8 Å². The van der Waals surface area contributed by atoms with Gasteiger partial charge < -0.3 is 26.6 Å². The van der Waals surface area contributed by atoms with Gasteiger partial charge in [-0.1, -0.05) is 57.7 Å². The summed E-state index contributed by atoms with van der Waals surface area (Å²) in [5.41, 5.74) is -0.803. The molecule has 1 saturated heterocycles. The zero-order valence-electron chi connectivity index (χ0n) is 24.4. The molecule has 1 fully saturated rings. The smallest absolute Gasteiger partial charge is 0.247 e. The quantitative estimate of drug-likeness (QED) is 0.223. The highest BCUT2D eigenvalue weighted by molar-refractivity contribution is 5.97. The van der Waals surface area contributed by atoms with E-state index in [4.69, 9.17) is 0 Å². The molecular weight excluding hydrogens is 526 g/mol. The number of carbonyl (C=O) groups is 6. The first-order valence-electron chi connectivity index (χ1n) is 14.1. The van der Waals surface area contributed by atoms with E-state index in [1.54, 1.807) is 58.0 Å². The summed E-state index contributed by atoms with van der Waals surface area (Å²) in [7, 11) is 0. The molecule has 41 heavy (non-hydrogen) atoms. The van der Waals surface area contributed by atoms with Crippen LogP contribution >= 0.6 is 0 Å². The zero-order valence-corrected chi connectivity index (χ0v) is 24.4. The Balaban J connectivity index is 2.43. The molecule has 4 atom stereocenters. The van der Waals surface area contributed by atoms with Gasteiger partial charge in [-0.3, -0.25) is 28.8 Å². The maximum atomic E-state index is 13.7. The Morgan fingerprint density at radius 2 is 1.76 bits per heavy atom. The second-order valence-corrected chi connectivity index (χ2v) is 10.8. The minimum Gasteiger partial charge on any atom is -0.354 e. The van der Waals surface area contributed by atoms with Gasteiger partial charge in [0.25, 0.3) is 0 Å². The number of nitrogens with one attached hydrogen (secondary N) is 5. The predicted octanol–water partition coefficient (Wildman–Crippen LogP) is 1.45. The second-order valence-electron chi connectivity index (χ2n) is 10.8. The summed E-state index contributed by atoms with van der Waals surface area (Å²) in [4.78, 5) is 77.9. The van der Waals surface area contributed by atoms with Gasteiger partial charge in [-0.05, 0) is 44.2 Å². The fraction of sp³-hybridized carbons (Fsp3) is 0.533. The number of carbonyl (C=O) groups excluding carboxylic acids is 6. The van der Waals surface area contributed by atoms with Crippen molar-refractivity contribution in [3.63, 3.8) is 0 Å². The Morgan fingerprint density at radius 3 is 2.37 bits per heavy atom. The Hall–Kier alpha value is -4.02. The van der Waals surface area contributed by atoms with Crippen LogP contribution in [0.15, 0.2) is 43.0 Å². The maximum absolute atomic E-state index is 13.7. The van der Waals surface area contributed by atoms with Crippen LogP contribution in [0.3, 0.4) is 0 Å². The Morgan fingerprint density at radius 1 is 1.07 bits per heavy atom. The fourth-order valence-corrected chi connectivity index (χ4v) is 4.46. The highest BCUT2D eigenvalue weighted by Crippen LogP contribution is 2.22. The second kappa shape index (κ2) is 15.7. The van der Waals surface area contributed by atoms with E-state index in [0.29, 0.717) is 12.0 Å². The summed E-state index contributed by atoms with van der Waals surface area (Å²) >= 11 is 0. The van der Waals surface area contributed by atoms with Crippen molar-refractivity contribution in [2.75, 3.05) is 13.1 Å². The van der Waals surface area contributed by atoms with Gasteiger partial charge in [0, 0.05) is 31.3 Å². The molecule has 0 aliphatic carbocycles. The van der Waals surface area contributed by atoms with Crippen molar-refractivity contribution in [3.8, 4) is 0 Å². The van der Waals surface area contributed by atoms with Gasteiger partial charge in [-0.2, -0.15) is 0 Å². The largest absolute Gasteiger partial charge is 0.354 e. The van der Waals surface area contributed by atoms with Gasteiger partial charge >= 0.3 is 0 Å². The van der Waals surface area contributed by atoms with Crippen molar-refractivity contribution >= 4 is 35.3 Å². The highest BCUT2D eigenvalue weighted by Gasteiger charge is 2.38. The Bertz CT molecular complexity index is 1120. The maximum Gasteiger partial charge on any atom is 0.247 e. The third-order valence-corrected chi connectivity index (χ3v) is 7.20. The van der Waals surface area contributed by atoms with Crippen molar-refractivity contribution in [1.29, 1.82) is 0 Å². The van der Waals surface area contributed by atoms with E-state index in [-0.39, 0.29) is 56.4 Å². The van der Waals surface area contributed by atoms with Crippen LogP contribution in [-0.4, -0.2) is 60.0 Å². The molecule has 11 nitrogen and oxygen atoms in total. The molecule has 1 aliphatic heterocycles. The minimum atomic E-state index is -1.36. The standard InChI is InChI=1S/C30H43N5O6/c1-6-22-28(40)34-25(20-12-9-8-10-13-20)29(41)32-17-15-30(5,35-26(38)19(3)4)23(36)18-21(27(39)33-22)14-11-16-31-24(37)7-2/h7-10,12-13,19,21-22,25H,2,6,11,14-18H2,1,3-5H3,(H,31,37)(H,32,41)(H,33,39)(H,34,40)(H,35,38)/t21-,22+,25-,30-/m1/s1. The van der Waals surface area contributed by atoms with Gasteiger partial charge in [0.15, 0.2) is 5.78 Å². The molecule has 0 radical (unpaired) electrons. The zero-order chi connectivity index (χ0) is 30.6. The minimum absolute atomic E-state index is 0.0420. The highest BCUT2D eigenvalue weighted by atomic mass is 16.2. The molecule has 5 N–H and O–H groups in total. The van der Waals surface area contributed by atoms with Gasteiger partial charge in [0.1, 0.15) is 12.1 Å². The SMILES string of the molecule is C=CC(=O)NCCC[C@@H]1CC(=O)[C@](C)(NC(=O)C(C)C)CCNC(=O)[C@@H](c2ccccc2)NC(=O)[C@H](CC)NC1=O. The van der Waals surface area contributed by atoms with E-state index in [9.17, 15) is 28.8 Å². The lowest BCUT2D eigenvalue weighted by atomic mass is 9.84. The summed E-state index contributed by atoms with van der Waals surface area (Å²) in [5.74, 6) is -3.76. The third-order valence-electron chi connectivity index (χ3n) is 7.20. The van der Waals surface area contributed by atoms with Gasteiger partial charge in [0.2, 0.25) is 29.5 Å². The molecule has 1 heterocycles. The lowest BCUT2D eigenvalue weighted by Crippen LogP contribution is -2.57. The van der Waals surface area contributed by atoms with Crippen LogP contribution in [0.5, 0.6) is 0 Å². The first kappa shape index (κ1) is 33.2. The van der Waals surface area contributed by atoms with Crippen LogP contribution in [0.1, 0.15) is 71.4 Å². The van der Waals surface area contributed by atoms with E-state index in [0.717, 1.165) is 6.08 Å². The number of hydrogen-bond acceptors (Lipinski definition) is 6. The third kappa shape index (κ3) is 9.84. The van der Waals surface area contributed by atoms with E-state index >= 15 is 0 Å². The first-order valence-corrected chi connectivity index (χ1v) is 14.1. The molecule has 0 spiro atoms. The van der Waals surface area contributed by atoms with E-state index in [2.05, 4.69) is 33.2 Å². The van der Waals surface area contributed by atoms with Crippen molar-refractivity contribution < 1.29 is 28.8 Å². The lowest BCUT2D eigenvalue weighted by Gasteiger charge is -2.33. The summed E-state index contributed by atoms with van der Waals surface area (Å²) in [6.07, 6.45) is 1.92. The summed E-state index contributed by atoms with van der Waals surface area (Å²) in [6, 6.07) is 6.73. The topological polar surface area (TPSA) is 163 Å². The molecule has 224 valence electrons. The average molecular weight is 570 g/mol. The van der Waals surface area contributed by atoms with Crippen molar-refractivity contribution in [3.05, 3.63) is 48.6 Å². The molecule has 1 aromatic rings. The Kier molecular flexibility index (Phi) is 12.7. The van der Waals surface area contributed by atoms with Gasteiger partial charge in [-0.15, -0.1) is 0 Å². The molecule has 1 aliphatic rings. The van der Waals surface area contributed by atoms with Crippen LogP contribution < -0.4 is 26.6 Å². The van der Waals surface area contributed by atoms with Gasteiger partial charge in [-0.25, -0.2) is 0 Å². The van der Waals surface area contributed by atoms with Crippen LogP contribution in [0.25, 0.3) is 0 Å². The van der Waals surface area contributed by atoms with Crippen LogP contribution in [0.4, 0.5) is 0 Å². The lowest BCUT2D eigenvalue weighted by molar-refractivity contribution is -0.137. The van der Waals surface area contributed by atoms with Crippen LogP contribution in [-0.2, 0) is 28.8 Å². The molecule has 5 amide bonds. The number of rotatable bonds is 9. The van der Waals surface area contributed by atoms with E-state index in [1.807, 2.05) is 0 Å². The molecule has 2 rings (SSSR count). The molecule has 11 heteroatoms. The molecule has 0 unspecified atom stereocenters. The Labute approximate surface area is 241 Å². The average Bonchev–Trinajstić information content (AvgIpc) is 2.95. The van der Waals surface area contributed by atoms with Crippen molar-refractivity contribution in [2.24, 2.45) is 11.8 Å². The summed E-state index contributed by atoms with van der Waals surface area (Å²) < 4.78 is 0. The molecule has 1 aromatic carbocycles. The predicted molar refractivity (Wildman–Crippen MR) is 154 cm³/mol. The van der Waals surface area contributed by atoms with Gasteiger partial charge in [0.05, 0.1) is 5.54 Å². The number of Topliss-reactive ketones (excluding diaryl/α,β-unsaturated/α-hetero) is 1. The van der Waals surface area contributed by atoms with Crippen LogP contribution in [0.2, 0.25) is 0 Å². The summed E-state index contributed by atoms with van der Waals surface area (Å²) in [5, 5.41) is 13.8.